The van der Waals surface area contributed by atoms with Crippen molar-refractivity contribution in [1.29, 1.82) is 0 Å². The molecule has 1 aliphatic rings. The SMILES string of the molecule is Cc1ccc2c(-c3ccc4ccccc4c3)c3ccccc3c(-c3ccc4c(c3)N(C)c3ccccc3C=C4)c2c1. The molecule has 0 bridgehead atoms. The first-order valence-corrected chi connectivity index (χ1v) is 14.3. The summed E-state index contributed by atoms with van der Waals surface area (Å²) in [4.78, 5) is 2.33. The van der Waals surface area contributed by atoms with Crippen LogP contribution >= 0.6 is 0 Å². The highest BCUT2D eigenvalue weighted by Crippen LogP contribution is 2.46. The lowest BCUT2D eigenvalue weighted by atomic mass is 9.84. The second-order valence-corrected chi connectivity index (χ2v) is 11.1. The van der Waals surface area contributed by atoms with E-state index < -0.39 is 0 Å². The molecule has 0 saturated carbocycles. The fraction of sp³-hybridized carbons (Fsp3) is 0.0500. The van der Waals surface area contributed by atoms with E-state index in [1.165, 1.54) is 82.6 Å². The summed E-state index contributed by atoms with van der Waals surface area (Å²) in [5.41, 5.74) is 11.2. The van der Waals surface area contributed by atoms with Crippen LogP contribution in [-0.4, -0.2) is 7.05 Å². The molecule has 0 radical (unpaired) electrons. The fourth-order valence-corrected chi connectivity index (χ4v) is 6.63. The van der Waals surface area contributed by atoms with Gasteiger partial charge in [-0.1, -0.05) is 127 Å². The molecule has 0 aromatic heterocycles. The predicted molar refractivity (Wildman–Crippen MR) is 178 cm³/mol. The maximum Gasteiger partial charge on any atom is 0.0488 e. The average Bonchev–Trinajstić information content (AvgIpc) is 3.15. The van der Waals surface area contributed by atoms with Crippen molar-refractivity contribution in [3.05, 3.63) is 144 Å². The highest BCUT2D eigenvalue weighted by molar-refractivity contribution is 6.22. The first-order valence-electron chi connectivity index (χ1n) is 14.3. The van der Waals surface area contributed by atoms with E-state index >= 15 is 0 Å². The molecule has 7 aromatic carbocycles. The lowest BCUT2D eigenvalue weighted by Gasteiger charge is -2.24. The number of benzene rings is 7. The van der Waals surface area contributed by atoms with Crippen molar-refractivity contribution in [3.63, 3.8) is 0 Å². The molecule has 0 fully saturated rings. The molecule has 1 heteroatoms. The number of rotatable bonds is 2. The lowest BCUT2D eigenvalue weighted by molar-refractivity contribution is 1.20. The molecular formula is C40H29N. The Balaban J connectivity index is 1.43. The van der Waals surface area contributed by atoms with E-state index in [2.05, 4.69) is 158 Å². The van der Waals surface area contributed by atoms with Crippen LogP contribution in [0.1, 0.15) is 16.7 Å². The molecule has 194 valence electrons. The number of hydrogen-bond acceptors (Lipinski definition) is 1. The largest absolute Gasteiger partial charge is 0.344 e. The summed E-state index contributed by atoms with van der Waals surface area (Å²) in [6, 6.07) is 46.9. The Morgan fingerprint density at radius 3 is 1.88 bits per heavy atom. The number of hydrogen-bond donors (Lipinski definition) is 0. The quantitative estimate of drug-likeness (QED) is 0.204. The van der Waals surface area contributed by atoms with Gasteiger partial charge in [-0.15, -0.1) is 0 Å². The summed E-state index contributed by atoms with van der Waals surface area (Å²) in [6.07, 6.45) is 4.47. The number of para-hydroxylation sites is 1. The van der Waals surface area contributed by atoms with Crippen molar-refractivity contribution in [1.82, 2.24) is 0 Å². The molecule has 7 aromatic rings. The average molecular weight is 524 g/mol. The first-order chi connectivity index (χ1) is 20.2. The minimum Gasteiger partial charge on any atom is -0.344 e. The maximum absolute atomic E-state index is 2.38. The van der Waals surface area contributed by atoms with Crippen LogP contribution in [0.3, 0.4) is 0 Å². The molecule has 1 nitrogen and oxygen atoms in total. The molecular weight excluding hydrogens is 494 g/mol. The Hall–Kier alpha value is -5.14. The lowest BCUT2D eigenvalue weighted by Crippen LogP contribution is -2.11. The summed E-state index contributed by atoms with van der Waals surface area (Å²) in [5, 5.41) is 7.67. The maximum atomic E-state index is 2.38. The zero-order valence-corrected chi connectivity index (χ0v) is 23.2. The molecule has 0 amide bonds. The summed E-state index contributed by atoms with van der Waals surface area (Å²) >= 11 is 0. The first kappa shape index (κ1) is 23.7. The van der Waals surface area contributed by atoms with Crippen molar-refractivity contribution in [2.75, 3.05) is 11.9 Å². The number of aryl methyl sites for hydroxylation is 1. The molecule has 0 spiro atoms. The van der Waals surface area contributed by atoms with E-state index in [-0.39, 0.29) is 0 Å². The predicted octanol–water partition coefficient (Wildman–Crippen LogP) is 11.0. The molecule has 41 heavy (non-hydrogen) atoms. The minimum atomic E-state index is 1.21. The second-order valence-electron chi connectivity index (χ2n) is 11.1. The van der Waals surface area contributed by atoms with Crippen LogP contribution in [0.15, 0.2) is 127 Å². The Bertz CT molecular complexity index is 2180. The van der Waals surface area contributed by atoms with Gasteiger partial charge in [0.15, 0.2) is 0 Å². The van der Waals surface area contributed by atoms with E-state index in [1.807, 2.05) is 0 Å². The third-order valence-corrected chi connectivity index (χ3v) is 8.64. The van der Waals surface area contributed by atoms with Crippen molar-refractivity contribution >= 4 is 55.8 Å². The van der Waals surface area contributed by atoms with Crippen LogP contribution in [0, 0.1) is 6.92 Å². The van der Waals surface area contributed by atoms with Crippen molar-refractivity contribution < 1.29 is 0 Å². The summed E-state index contributed by atoms with van der Waals surface area (Å²) < 4.78 is 0. The molecule has 0 atom stereocenters. The molecule has 8 rings (SSSR count). The van der Waals surface area contributed by atoms with Gasteiger partial charge in [-0.05, 0) is 90.8 Å². The number of anilines is 2. The van der Waals surface area contributed by atoms with Gasteiger partial charge in [0.25, 0.3) is 0 Å². The van der Waals surface area contributed by atoms with Crippen molar-refractivity contribution in [2.45, 2.75) is 6.92 Å². The highest BCUT2D eigenvalue weighted by atomic mass is 15.1. The van der Waals surface area contributed by atoms with Crippen LogP contribution in [0.25, 0.3) is 66.7 Å². The van der Waals surface area contributed by atoms with Crippen LogP contribution < -0.4 is 4.90 Å². The fourth-order valence-electron chi connectivity index (χ4n) is 6.63. The van der Waals surface area contributed by atoms with Crippen LogP contribution in [-0.2, 0) is 0 Å². The second kappa shape index (κ2) is 9.21. The van der Waals surface area contributed by atoms with Gasteiger partial charge >= 0.3 is 0 Å². The number of fused-ring (bicyclic) bond motifs is 5. The summed E-state index contributed by atoms with van der Waals surface area (Å²) in [7, 11) is 2.18. The molecule has 0 unspecified atom stereocenters. The molecule has 1 heterocycles. The van der Waals surface area contributed by atoms with Crippen molar-refractivity contribution in [3.8, 4) is 22.3 Å². The zero-order chi connectivity index (χ0) is 27.5. The Labute approximate surface area is 240 Å². The van der Waals surface area contributed by atoms with Gasteiger partial charge in [0.1, 0.15) is 0 Å². The van der Waals surface area contributed by atoms with Gasteiger partial charge in [-0.2, -0.15) is 0 Å². The Morgan fingerprint density at radius 1 is 0.439 bits per heavy atom. The standard InChI is InChI=1S/C40H29N/c1-26-15-22-35-36(23-26)40(32-21-19-29-18-17-28-10-5-8-14-37(28)41(2)38(29)25-32)34-13-7-6-12-33(34)39(35)31-20-16-27-9-3-4-11-30(27)24-31/h3-25H,1-2H3. The molecule has 0 saturated heterocycles. The van der Waals surface area contributed by atoms with Gasteiger partial charge in [0.05, 0.1) is 0 Å². The third kappa shape index (κ3) is 3.77. The summed E-state index contributed by atoms with van der Waals surface area (Å²) in [6.45, 7) is 2.20. The monoisotopic (exact) mass is 523 g/mol. The third-order valence-electron chi connectivity index (χ3n) is 8.64. The Morgan fingerprint density at radius 2 is 1.05 bits per heavy atom. The molecule has 0 aliphatic carbocycles. The normalized spacial score (nSPS) is 12.5. The van der Waals surface area contributed by atoms with Gasteiger partial charge in [-0.25, -0.2) is 0 Å². The van der Waals surface area contributed by atoms with Gasteiger partial charge in [-0.3, -0.25) is 0 Å². The van der Waals surface area contributed by atoms with Gasteiger partial charge in [0.2, 0.25) is 0 Å². The van der Waals surface area contributed by atoms with E-state index in [4.69, 9.17) is 0 Å². The van der Waals surface area contributed by atoms with Crippen LogP contribution in [0.5, 0.6) is 0 Å². The molecule has 0 N–H and O–H groups in total. The van der Waals surface area contributed by atoms with Gasteiger partial charge < -0.3 is 4.90 Å². The Kier molecular flexibility index (Phi) is 5.33. The zero-order valence-electron chi connectivity index (χ0n) is 23.2. The van der Waals surface area contributed by atoms with E-state index in [0.717, 1.165) is 0 Å². The topological polar surface area (TPSA) is 3.24 Å². The van der Waals surface area contributed by atoms with Crippen molar-refractivity contribution in [2.24, 2.45) is 0 Å². The summed E-state index contributed by atoms with van der Waals surface area (Å²) in [5.74, 6) is 0. The van der Waals surface area contributed by atoms with E-state index in [9.17, 15) is 0 Å². The van der Waals surface area contributed by atoms with E-state index in [0.29, 0.717) is 0 Å². The highest BCUT2D eigenvalue weighted by Gasteiger charge is 2.20. The van der Waals surface area contributed by atoms with Crippen LogP contribution in [0.4, 0.5) is 11.4 Å². The number of nitrogens with zero attached hydrogens (tertiary/aromatic N) is 1. The van der Waals surface area contributed by atoms with Crippen LogP contribution in [0.2, 0.25) is 0 Å². The molecule has 1 aliphatic heterocycles. The smallest absolute Gasteiger partial charge is 0.0488 e. The van der Waals surface area contributed by atoms with Gasteiger partial charge in [0, 0.05) is 18.4 Å². The van der Waals surface area contributed by atoms with E-state index in [1.54, 1.807) is 0 Å². The minimum absolute atomic E-state index is 1.21.